The lowest BCUT2D eigenvalue weighted by atomic mass is 10.5. The Bertz CT molecular complexity index is 32.5. The molecule has 0 saturated heterocycles. The molecule has 0 spiro atoms. The molecule has 0 radical (unpaired) electrons. The maximum atomic E-state index is 5.12. The first-order valence-corrected chi connectivity index (χ1v) is 2.10. The highest BCUT2D eigenvalue weighted by atomic mass is 35.5. The summed E-state index contributed by atoms with van der Waals surface area (Å²) in [4.78, 5) is 0. The number of allylic oxidation sites excluding steroid dienone is 1. The molecule has 6 heavy (non-hydrogen) atoms. The summed E-state index contributed by atoms with van der Waals surface area (Å²) in [6.07, 6.45) is 2.92. The van der Waals surface area contributed by atoms with E-state index in [-0.39, 0.29) is 12.4 Å². The summed E-state index contributed by atoms with van der Waals surface area (Å²) < 4.78 is 0. The molecule has 38 valence electrons. The third-order valence-electron chi connectivity index (χ3n) is 0.325. The Hall–Kier alpha value is 0.320. The van der Waals surface area contributed by atoms with Gasteiger partial charge in [-0.2, -0.15) is 0 Å². The second kappa shape index (κ2) is 9.01. The van der Waals surface area contributed by atoms with Crippen molar-refractivity contribution in [3.63, 3.8) is 0 Å². The lowest BCUT2D eigenvalue weighted by Gasteiger charge is -1.63. The van der Waals surface area contributed by atoms with Gasteiger partial charge in [0.25, 0.3) is 0 Å². The Morgan fingerprint density at radius 1 is 1.67 bits per heavy atom. The Morgan fingerprint density at radius 2 is 2.17 bits per heavy atom. The summed E-state index contributed by atoms with van der Waals surface area (Å²) in [6, 6.07) is 0. The lowest BCUT2D eigenvalue weighted by Crippen LogP contribution is -1.41. The minimum Gasteiger partial charge on any atom is -0.147 e. The van der Waals surface area contributed by atoms with Gasteiger partial charge in [0.15, 0.2) is 0 Å². The zero-order valence-corrected chi connectivity index (χ0v) is 5.22. The van der Waals surface area contributed by atoms with Gasteiger partial charge < -0.3 is 0 Å². The molecule has 0 aliphatic carbocycles. The molecular formula is C4H8Cl2. The predicted molar refractivity (Wildman–Crippen MR) is 32.5 cm³/mol. The van der Waals surface area contributed by atoms with Crippen LogP contribution in [-0.2, 0) is 0 Å². The molecule has 2 heteroatoms. The van der Waals surface area contributed by atoms with Crippen molar-refractivity contribution in [2.45, 2.75) is 13.3 Å². The van der Waals surface area contributed by atoms with Crippen molar-refractivity contribution in [2.24, 2.45) is 0 Å². The van der Waals surface area contributed by atoms with Gasteiger partial charge in [0.2, 0.25) is 0 Å². The second-order valence-electron chi connectivity index (χ2n) is 0.770. The maximum Gasteiger partial charge on any atom is 0.000235 e. The van der Waals surface area contributed by atoms with E-state index in [1.165, 1.54) is 5.54 Å². The summed E-state index contributed by atoms with van der Waals surface area (Å²) in [6.45, 7) is 2.04. The smallest absolute Gasteiger partial charge is 0.000235 e. The van der Waals surface area contributed by atoms with Crippen molar-refractivity contribution in [3.05, 3.63) is 11.6 Å². The van der Waals surface area contributed by atoms with Crippen molar-refractivity contribution in [3.8, 4) is 0 Å². The van der Waals surface area contributed by atoms with E-state index in [2.05, 4.69) is 0 Å². The first-order chi connectivity index (χ1) is 2.41. The van der Waals surface area contributed by atoms with Gasteiger partial charge in [0.1, 0.15) is 0 Å². The molecule has 0 aromatic carbocycles. The largest absolute Gasteiger partial charge is 0.147 e. The van der Waals surface area contributed by atoms with Gasteiger partial charge in [0.05, 0.1) is 0 Å². The van der Waals surface area contributed by atoms with Gasteiger partial charge >= 0.3 is 0 Å². The van der Waals surface area contributed by atoms with Crippen LogP contribution in [0.4, 0.5) is 0 Å². The predicted octanol–water partition coefficient (Wildman–Crippen LogP) is 2.57. The van der Waals surface area contributed by atoms with Crippen molar-refractivity contribution >= 4 is 24.0 Å². The molecule has 0 bridgehead atoms. The van der Waals surface area contributed by atoms with E-state index in [0.717, 1.165) is 6.42 Å². The maximum absolute atomic E-state index is 5.12. The zero-order chi connectivity index (χ0) is 4.12. The average Bonchev–Trinajstić information content (AvgIpc) is 1.41. The van der Waals surface area contributed by atoms with E-state index >= 15 is 0 Å². The standard InChI is InChI=1S/C4H7Cl.ClH/c1-2-3-4-5;/h3-4H,2H2,1H3;1H. The number of halogens is 2. The van der Waals surface area contributed by atoms with Crippen molar-refractivity contribution in [1.29, 1.82) is 0 Å². The molecule has 0 aromatic rings. The molecule has 0 atom stereocenters. The Kier molecular flexibility index (Phi) is 14.4. The molecule has 0 nitrogen and oxygen atoms in total. The minimum atomic E-state index is 0. The molecule has 0 aromatic heterocycles. The van der Waals surface area contributed by atoms with E-state index in [9.17, 15) is 0 Å². The highest BCUT2D eigenvalue weighted by Gasteiger charge is 1.53. The topological polar surface area (TPSA) is 0 Å². The fourth-order valence-corrected chi connectivity index (χ4v) is 0.267. The van der Waals surface area contributed by atoms with Crippen LogP contribution >= 0.6 is 24.0 Å². The van der Waals surface area contributed by atoms with Gasteiger partial charge in [-0.05, 0) is 6.42 Å². The number of rotatable bonds is 1. The summed E-state index contributed by atoms with van der Waals surface area (Å²) in [5.74, 6) is 0. The van der Waals surface area contributed by atoms with Crippen molar-refractivity contribution < 1.29 is 0 Å². The van der Waals surface area contributed by atoms with Crippen LogP contribution < -0.4 is 0 Å². The first kappa shape index (κ1) is 9.58. The van der Waals surface area contributed by atoms with Gasteiger partial charge in [0, 0.05) is 5.54 Å². The highest BCUT2D eigenvalue weighted by Crippen LogP contribution is 1.80. The molecule has 0 amide bonds. The lowest BCUT2D eigenvalue weighted by molar-refractivity contribution is 1.23. The van der Waals surface area contributed by atoms with Crippen molar-refractivity contribution in [1.82, 2.24) is 0 Å². The highest BCUT2D eigenvalue weighted by molar-refractivity contribution is 6.25. The van der Waals surface area contributed by atoms with E-state index in [0.29, 0.717) is 0 Å². The minimum absolute atomic E-state index is 0. The molecular weight excluding hydrogens is 119 g/mol. The van der Waals surface area contributed by atoms with Gasteiger partial charge in [-0.15, -0.1) is 12.4 Å². The molecule has 0 saturated carbocycles. The van der Waals surface area contributed by atoms with Crippen LogP contribution in [0.5, 0.6) is 0 Å². The number of hydrogen-bond donors (Lipinski definition) is 0. The summed E-state index contributed by atoms with van der Waals surface area (Å²) in [5, 5.41) is 0. The van der Waals surface area contributed by atoms with Crippen LogP contribution in [0.1, 0.15) is 13.3 Å². The van der Waals surface area contributed by atoms with Gasteiger partial charge in [-0.25, -0.2) is 0 Å². The van der Waals surface area contributed by atoms with Crippen LogP contribution in [0.2, 0.25) is 0 Å². The molecule has 0 heterocycles. The van der Waals surface area contributed by atoms with Gasteiger partial charge in [-0.1, -0.05) is 24.6 Å². The van der Waals surface area contributed by atoms with Crippen LogP contribution in [0.25, 0.3) is 0 Å². The summed E-state index contributed by atoms with van der Waals surface area (Å²) in [7, 11) is 0. The second-order valence-corrected chi connectivity index (χ2v) is 1.02. The Balaban J connectivity index is 0. The fourth-order valence-electron chi connectivity index (χ4n) is 0.0891. The van der Waals surface area contributed by atoms with Crippen LogP contribution in [-0.4, -0.2) is 0 Å². The fraction of sp³-hybridized carbons (Fsp3) is 0.500. The van der Waals surface area contributed by atoms with Gasteiger partial charge in [-0.3, -0.25) is 0 Å². The molecule has 0 fully saturated rings. The summed E-state index contributed by atoms with van der Waals surface area (Å²) in [5.41, 5.74) is 1.53. The SMILES string of the molecule is CCC=CCl.Cl. The van der Waals surface area contributed by atoms with Crippen LogP contribution in [0.15, 0.2) is 11.6 Å². The summed E-state index contributed by atoms with van der Waals surface area (Å²) >= 11 is 5.12. The molecule has 0 unspecified atom stereocenters. The van der Waals surface area contributed by atoms with E-state index in [1.54, 1.807) is 0 Å². The van der Waals surface area contributed by atoms with Crippen LogP contribution in [0.3, 0.4) is 0 Å². The third-order valence-corrected chi connectivity index (χ3v) is 0.503. The van der Waals surface area contributed by atoms with Crippen LogP contribution in [0, 0.1) is 0 Å². The third kappa shape index (κ3) is 8.85. The molecule has 0 aliphatic rings. The molecule has 0 N–H and O–H groups in total. The normalized spacial score (nSPS) is 8.33. The molecule has 0 rings (SSSR count). The quantitative estimate of drug-likeness (QED) is 0.507. The Morgan fingerprint density at radius 3 is 2.17 bits per heavy atom. The molecule has 0 aliphatic heterocycles. The van der Waals surface area contributed by atoms with E-state index in [1.807, 2.05) is 13.0 Å². The monoisotopic (exact) mass is 126 g/mol. The van der Waals surface area contributed by atoms with E-state index < -0.39 is 0 Å². The Labute approximate surface area is 49.6 Å². The van der Waals surface area contributed by atoms with E-state index in [4.69, 9.17) is 11.6 Å². The van der Waals surface area contributed by atoms with Crippen molar-refractivity contribution in [2.75, 3.05) is 0 Å². The first-order valence-electron chi connectivity index (χ1n) is 1.67. The zero-order valence-electron chi connectivity index (χ0n) is 3.65. The number of hydrogen-bond acceptors (Lipinski definition) is 0. The average molecular weight is 127 g/mol.